The van der Waals surface area contributed by atoms with Crippen LogP contribution in [0.5, 0.6) is 0 Å². The molecule has 0 fully saturated rings. The van der Waals surface area contributed by atoms with Gasteiger partial charge in [-0.3, -0.25) is 4.21 Å². The number of hydrogen-bond acceptors (Lipinski definition) is 3. The summed E-state index contributed by atoms with van der Waals surface area (Å²) < 4.78 is 10.8. The third kappa shape index (κ3) is 6.32. The van der Waals surface area contributed by atoms with Crippen molar-refractivity contribution in [1.82, 2.24) is 5.32 Å². The number of hydrogen-bond donors (Lipinski definition) is 1. The van der Waals surface area contributed by atoms with Crippen LogP contribution in [0.1, 0.15) is 20.3 Å². The van der Waals surface area contributed by atoms with E-state index in [9.17, 15) is 4.21 Å². The molecule has 0 saturated heterocycles. The Hall–Kier alpha value is -0.400. The van der Waals surface area contributed by atoms with Crippen molar-refractivity contribution in [2.45, 2.75) is 32.4 Å². The fourth-order valence-electron chi connectivity index (χ4n) is 1.08. The Balaban J connectivity index is 3.62. The Kier molecular flexibility index (Phi) is 5.95. The molecule has 0 bridgehead atoms. The fraction of sp³-hybridized carbons (Fsp3) is 0.875. The van der Waals surface area contributed by atoms with Crippen LogP contribution in [0.2, 0.25) is 0 Å². The smallest absolute Gasteiger partial charge is 0.0638 e. The summed E-state index contributed by atoms with van der Waals surface area (Å²) in [6, 6.07) is 2.50. The Morgan fingerprint density at radius 2 is 2.08 bits per heavy atom. The normalized spacial score (nSPS) is 17.8. The molecule has 0 aromatic rings. The molecule has 3 atom stereocenters. The lowest BCUT2D eigenvalue weighted by molar-refractivity contribution is 0.498. The van der Waals surface area contributed by atoms with E-state index in [2.05, 4.69) is 11.4 Å². The van der Waals surface area contributed by atoms with Crippen molar-refractivity contribution in [3.8, 4) is 6.07 Å². The predicted octanol–water partition coefficient (Wildman–Crippen LogP) is 0.645. The Morgan fingerprint density at radius 1 is 1.50 bits per heavy atom. The minimum Gasteiger partial charge on any atom is -0.310 e. The van der Waals surface area contributed by atoms with Gasteiger partial charge in [-0.1, -0.05) is 0 Å². The fourth-order valence-corrected chi connectivity index (χ4v) is 1.88. The largest absolute Gasteiger partial charge is 0.310 e. The molecule has 0 rings (SSSR count). The van der Waals surface area contributed by atoms with Crippen LogP contribution in [0.3, 0.4) is 0 Å². The lowest BCUT2D eigenvalue weighted by atomic mass is 10.2. The van der Waals surface area contributed by atoms with Gasteiger partial charge in [0.25, 0.3) is 0 Å². The second kappa shape index (κ2) is 6.15. The predicted molar refractivity (Wildman–Crippen MR) is 51.2 cm³/mol. The summed E-state index contributed by atoms with van der Waals surface area (Å²) in [4.78, 5) is 0. The van der Waals surface area contributed by atoms with E-state index >= 15 is 0 Å². The second-order valence-corrected chi connectivity index (χ2v) is 4.55. The van der Waals surface area contributed by atoms with Crippen molar-refractivity contribution in [3.63, 3.8) is 0 Å². The topological polar surface area (TPSA) is 52.9 Å². The molecule has 0 saturated carbocycles. The molecular weight excluding hydrogens is 172 g/mol. The highest BCUT2D eigenvalue weighted by Crippen LogP contribution is 1.93. The molecule has 0 radical (unpaired) electrons. The summed E-state index contributed by atoms with van der Waals surface area (Å²) in [5, 5.41) is 11.6. The highest BCUT2D eigenvalue weighted by molar-refractivity contribution is 7.84. The summed E-state index contributed by atoms with van der Waals surface area (Å²) in [7, 11) is -0.761. The molecule has 4 heteroatoms. The lowest BCUT2D eigenvalue weighted by Crippen LogP contribution is -2.37. The van der Waals surface area contributed by atoms with Crippen LogP contribution in [-0.2, 0) is 10.8 Å². The van der Waals surface area contributed by atoms with Gasteiger partial charge in [-0.05, 0) is 13.8 Å². The van der Waals surface area contributed by atoms with Crippen LogP contribution in [0.15, 0.2) is 0 Å². The molecule has 3 unspecified atom stereocenters. The van der Waals surface area contributed by atoms with Crippen LogP contribution in [0, 0.1) is 11.3 Å². The number of nitrogens with one attached hydrogen (secondary N) is 1. The van der Waals surface area contributed by atoms with Crippen molar-refractivity contribution < 1.29 is 4.21 Å². The molecule has 12 heavy (non-hydrogen) atoms. The van der Waals surface area contributed by atoms with Gasteiger partial charge in [-0.15, -0.1) is 0 Å². The van der Waals surface area contributed by atoms with E-state index in [-0.39, 0.29) is 12.1 Å². The molecule has 0 aliphatic rings. The first kappa shape index (κ1) is 11.6. The van der Waals surface area contributed by atoms with Gasteiger partial charge in [0.05, 0.1) is 12.5 Å². The summed E-state index contributed by atoms with van der Waals surface area (Å²) in [6.45, 7) is 3.94. The Morgan fingerprint density at radius 3 is 2.50 bits per heavy atom. The summed E-state index contributed by atoms with van der Waals surface area (Å²) >= 11 is 0. The van der Waals surface area contributed by atoms with E-state index in [1.54, 1.807) is 6.26 Å². The monoisotopic (exact) mass is 188 g/mol. The molecule has 1 N–H and O–H groups in total. The third-order valence-electron chi connectivity index (χ3n) is 1.45. The van der Waals surface area contributed by atoms with E-state index in [0.717, 1.165) is 0 Å². The standard InChI is InChI=1S/C8H16N2OS/c1-7(4-5-9)10-8(2)6-12(3)11/h7-8,10H,4,6H2,1-3H3. The minimum absolute atomic E-state index is 0.188. The van der Waals surface area contributed by atoms with Gasteiger partial charge in [0.2, 0.25) is 0 Å². The minimum atomic E-state index is -0.761. The number of nitriles is 1. The van der Waals surface area contributed by atoms with Crippen LogP contribution in [0.25, 0.3) is 0 Å². The zero-order valence-corrected chi connectivity index (χ0v) is 8.65. The summed E-state index contributed by atoms with van der Waals surface area (Å²) in [6.07, 6.45) is 2.19. The molecule has 0 heterocycles. The molecule has 0 aliphatic heterocycles. The van der Waals surface area contributed by atoms with Gasteiger partial charge in [0.15, 0.2) is 0 Å². The van der Waals surface area contributed by atoms with E-state index in [1.807, 2.05) is 13.8 Å². The van der Waals surface area contributed by atoms with Crippen LogP contribution >= 0.6 is 0 Å². The van der Waals surface area contributed by atoms with Crippen LogP contribution in [0.4, 0.5) is 0 Å². The molecule has 0 spiro atoms. The van der Waals surface area contributed by atoms with Crippen molar-refractivity contribution in [2.75, 3.05) is 12.0 Å². The second-order valence-electron chi connectivity index (χ2n) is 3.07. The van der Waals surface area contributed by atoms with E-state index in [4.69, 9.17) is 5.26 Å². The molecule has 0 aromatic heterocycles. The maximum absolute atomic E-state index is 10.8. The van der Waals surface area contributed by atoms with Gasteiger partial charge in [0, 0.05) is 34.9 Å². The first-order chi connectivity index (χ1) is 5.56. The lowest BCUT2D eigenvalue weighted by Gasteiger charge is -2.16. The Labute approximate surface area is 76.6 Å². The van der Waals surface area contributed by atoms with Crippen molar-refractivity contribution >= 4 is 10.8 Å². The van der Waals surface area contributed by atoms with E-state index in [0.29, 0.717) is 12.2 Å². The Bertz CT molecular complexity index is 188. The van der Waals surface area contributed by atoms with Gasteiger partial charge >= 0.3 is 0 Å². The molecule has 0 amide bonds. The molecule has 0 aromatic carbocycles. The van der Waals surface area contributed by atoms with Gasteiger partial charge in [-0.25, -0.2) is 0 Å². The van der Waals surface area contributed by atoms with Gasteiger partial charge < -0.3 is 5.32 Å². The molecule has 70 valence electrons. The van der Waals surface area contributed by atoms with Crippen molar-refractivity contribution in [2.24, 2.45) is 0 Å². The number of nitrogens with zero attached hydrogens (tertiary/aromatic N) is 1. The third-order valence-corrected chi connectivity index (χ3v) is 2.42. The van der Waals surface area contributed by atoms with Crippen molar-refractivity contribution in [1.29, 1.82) is 5.26 Å². The molecule has 3 nitrogen and oxygen atoms in total. The van der Waals surface area contributed by atoms with E-state index < -0.39 is 10.8 Å². The highest BCUT2D eigenvalue weighted by Gasteiger charge is 2.07. The SMILES string of the molecule is CC(CC#N)NC(C)CS(C)=O. The zero-order valence-electron chi connectivity index (χ0n) is 7.83. The average Bonchev–Trinajstić information content (AvgIpc) is 1.84. The van der Waals surface area contributed by atoms with Gasteiger partial charge in [-0.2, -0.15) is 5.26 Å². The van der Waals surface area contributed by atoms with E-state index in [1.165, 1.54) is 0 Å². The zero-order chi connectivity index (χ0) is 9.56. The summed E-state index contributed by atoms with van der Waals surface area (Å²) in [5.74, 6) is 0.649. The molecule has 0 aliphatic carbocycles. The van der Waals surface area contributed by atoms with Gasteiger partial charge in [0.1, 0.15) is 0 Å². The molecular formula is C8H16N2OS. The first-order valence-corrected chi connectivity index (χ1v) is 5.72. The highest BCUT2D eigenvalue weighted by atomic mass is 32.2. The average molecular weight is 188 g/mol. The quantitative estimate of drug-likeness (QED) is 0.689. The summed E-state index contributed by atoms with van der Waals surface area (Å²) in [5.41, 5.74) is 0. The maximum atomic E-state index is 10.8. The first-order valence-electron chi connectivity index (χ1n) is 3.99. The van der Waals surface area contributed by atoms with Crippen LogP contribution < -0.4 is 5.32 Å². The number of rotatable bonds is 5. The van der Waals surface area contributed by atoms with Crippen LogP contribution in [-0.4, -0.2) is 28.3 Å². The van der Waals surface area contributed by atoms with Crippen molar-refractivity contribution in [3.05, 3.63) is 0 Å². The maximum Gasteiger partial charge on any atom is 0.0638 e.